The molecule has 0 bridgehead atoms. The van der Waals surface area contributed by atoms with Gasteiger partial charge in [0.1, 0.15) is 0 Å². The van der Waals surface area contributed by atoms with Crippen molar-refractivity contribution in [3.63, 3.8) is 0 Å². The van der Waals surface area contributed by atoms with Crippen molar-refractivity contribution in [1.82, 2.24) is 10.2 Å². The van der Waals surface area contributed by atoms with Crippen LogP contribution in [0.1, 0.15) is 29.9 Å². The maximum atomic E-state index is 12.8. The van der Waals surface area contributed by atoms with E-state index in [1.165, 1.54) is 0 Å². The van der Waals surface area contributed by atoms with Crippen LogP contribution in [0.3, 0.4) is 0 Å². The van der Waals surface area contributed by atoms with Gasteiger partial charge in [0.05, 0.1) is 5.92 Å². The van der Waals surface area contributed by atoms with E-state index in [0.29, 0.717) is 37.5 Å². The number of nitrogens with one attached hydrogen (secondary N) is 1. The molecule has 22 heavy (non-hydrogen) atoms. The van der Waals surface area contributed by atoms with Gasteiger partial charge < -0.3 is 16.0 Å². The van der Waals surface area contributed by atoms with Crippen LogP contribution in [0.15, 0.2) is 18.2 Å². The Balaban J connectivity index is 1.73. The van der Waals surface area contributed by atoms with Gasteiger partial charge in [-0.1, -0.05) is 17.7 Å². The molecule has 2 aliphatic rings. The summed E-state index contributed by atoms with van der Waals surface area (Å²) in [5, 5.41) is 3.98. The molecule has 1 aromatic rings. The van der Waals surface area contributed by atoms with Crippen molar-refractivity contribution in [1.29, 1.82) is 0 Å². The number of hydrogen-bond donors (Lipinski definition) is 2. The van der Waals surface area contributed by atoms with Crippen LogP contribution in [-0.4, -0.2) is 36.3 Å². The largest absolute Gasteiger partial charge is 0.369 e. The van der Waals surface area contributed by atoms with Gasteiger partial charge in [0.25, 0.3) is 0 Å². The standard InChI is InChI=1S/C16H20ClN3O2/c17-12-1-2-13-11(7-12)8-19-9-14(13)16(22)20-5-3-10(4-6-20)15(18)21/h1-2,7,10,14,19H,3-6,8-9H2,(H2,18,21). The summed E-state index contributed by atoms with van der Waals surface area (Å²) >= 11 is 6.03. The second kappa shape index (κ2) is 6.26. The number of halogens is 1. The molecule has 0 aliphatic carbocycles. The first-order chi connectivity index (χ1) is 10.6. The summed E-state index contributed by atoms with van der Waals surface area (Å²) in [4.78, 5) is 25.9. The average molecular weight is 322 g/mol. The van der Waals surface area contributed by atoms with Crippen molar-refractivity contribution in [2.75, 3.05) is 19.6 Å². The van der Waals surface area contributed by atoms with Crippen LogP contribution in [0, 0.1) is 5.92 Å². The van der Waals surface area contributed by atoms with E-state index in [-0.39, 0.29) is 23.7 Å². The number of carbonyl (C=O) groups excluding carboxylic acids is 2. The highest BCUT2D eigenvalue weighted by Crippen LogP contribution is 2.29. The van der Waals surface area contributed by atoms with Gasteiger partial charge in [0.2, 0.25) is 11.8 Å². The van der Waals surface area contributed by atoms with Crippen LogP contribution < -0.4 is 11.1 Å². The minimum Gasteiger partial charge on any atom is -0.369 e. The number of benzene rings is 1. The Morgan fingerprint density at radius 3 is 2.68 bits per heavy atom. The summed E-state index contributed by atoms with van der Waals surface area (Å²) in [7, 11) is 0. The van der Waals surface area contributed by atoms with Crippen molar-refractivity contribution in [2.24, 2.45) is 11.7 Å². The Hall–Kier alpha value is -1.59. The third kappa shape index (κ3) is 2.96. The molecule has 1 aromatic carbocycles. The fraction of sp³-hybridized carbons (Fsp3) is 0.500. The average Bonchev–Trinajstić information content (AvgIpc) is 2.53. The molecule has 1 fully saturated rings. The molecule has 0 radical (unpaired) electrons. The van der Waals surface area contributed by atoms with Gasteiger partial charge in [-0.3, -0.25) is 9.59 Å². The SMILES string of the molecule is NC(=O)C1CCN(C(=O)C2CNCc3cc(Cl)ccc32)CC1. The number of primary amides is 1. The molecule has 0 aromatic heterocycles. The number of hydrogen-bond acceptors (Lipinski definition) is 3. The number of nitrogens with two attached hydrogens (primary N) is 1. The predicted molar refractivity (Wildman–Crippen MR) is 84.4 cm³/mol. The van der Waals surface area contributed by atoms with Crippen molar-refractivity contribution < 1.29 is 9.59 Å². The van der Waals surface area contributed by atoms with Crippen molar-refractivity contribution in [3.8, 4) is 0 Å². The van der Waals surface area contributed by atoms with Gasteiger partial charge in [-0.2, -0.15) is 0 Å². The van der Waals surface area contributed by atoms with Crippen LogP contribution in [0.25, 0.3) is 0 Å². The zero-order valence-electron chi connectivity index (χ0n) is 12.3. The molecule has 1 unspecified atom stereocenters. The molecule has 2 heterocycles. The van der Waals surface area contributed by atoms with E-state index in [2.05, 4.69) is 5.32 Å². The quantitative estimate of drug-likeness (QED) is 0.861. The molecule has 5 nitrogen and oxygen atoms in total. The molecule has 1 saturated heterocycles. The minimum absolute atomic E-state index is 0.0976. The maximum absolute atomic E-state index is 12.8. The van der Waals surface area contributed by atoms with Crippen LogP contribution in [0.2, 0.25) is 5.02 Å². The molecule has 0 saturated carbocycles. The molecule has 0 spiro atoms. The van der Waals surface area contributed by atoms with Crippen LogP contribution in [-0.2, 0) is 16.1 Å². The van der Waals surface area contributed by atoms with E-state index in [0.717, 1.165) is 17.7 Å². The maximum Gasteiger partial charge on any atom is 0.231 e. The number of fused-ring (bicyclic) bond motifs is 1. The highest BCUT2D eigenvalue weighted by molar-refractivity contribution is 6.30. The fourth-order valence-electron chi connectivity index (χ4n) is 3.35. The van der Waals surface area contributed by atoms with Gasteiger partial charge in [0.15, 0.2) is 0 Å². The monoisotopic (exact) mass is 321 g/mol. The van der Waals surface area contributed by atoms with E-state index in [9.17, 15) is 9.59 Å². The summed E-state index contributed by atoms with van der Waals surface area (Å²) in [5.74, 6) is -0.407. The lowest BCUT2D eigenvalue weighted by molar-refractivity contribution is -0.136. The van der Waals surface area contributed by atoms with E-state index < -0.39 is 0 Å². The normalized spacial score (nSPS) is 22.2. The molecule has 6 heteroatoms. The molecule has 3 N–H and O–H groups in total. The van der Waals surface area contributed by atoms with Crippen LogP contribution in [0.4, 0.5) is 0 Å². The number of amides is 2. The zero-order chi connectivity index (χ0) is 15.7. The van der Waals surface area contributed by atoms with Crippen molar-refractivity contribution in [2.45, 2.75) is 25.3 Å². The smallest absolute Gasteiger partial charge is 0.231 e. The number of likely N-dealkylation sites (tertiary alicyclic amines) is 1. The molecular weight excluding hydrogens is 302 g/mol. The Morgan fingerprint density at radius 2 is 2.00 bits per heavy atom. The lowest BCUT2D eigenvalue weighted by atomic mass is 9.88. The topological polar surface area (TPSA) is 75.4 Å². The summed E-state index contributed by atoms with van der Waals surface area (Å²) in [6.45, 7) is 2.59. The van der Waals surface area contributed by atoms with Gasteiger partial charge in [0, 0.05) is 37.1 Å². The number of carbonyl (C=O) groups is 2. The van der Waals surface area contributed by atoms with E-state index in [4.69, 9.17) is 17.3 Å². The molecule has 2 aliphatic heterocycles. The highest BCUT2D eigenvalue weighted by atomic mass is 35.5. The number of piperidine rings is 1. The number of nitrogens with zero attached hydrogens (tertiary/aromatic N) is 1. The molecule has 3 rings (SSSR count). The summed E-state index contributed by atoms with van der Waals surface area (Å²) in [5.41, 5.74) is 7.49. The Bertz CT molecular complexity index is 597. The number of rotatable bonds is 2. The predicted octanol–water partition coefficient (Wildman–Crippen LogP) is 1.25. The first-order valence-electron chi connectivity index (χ1n) is 7.63. The van der Waals surface area contributed by atoms with Gasteiger partial charge in [-0.05, 0) is 36.1 Å². The Morgan fingerprint density at radius 1 is 1.27 bits per heavy atom. The highest BCUT2D eigenvalue weighted by Gasteiger charge is 2.33. The van der Waals surface area contributed by atoms with Gasteiger partial charge >= 0.3 is 0 Å². The fourth-order valence-corrected chi connectivity index (χ4v) is 3.55. The van der Waals surface area contributed by atoms with Crippen molar-refractivity contribution >= 4 is 23.4 Å². The molecule has 118 valence electrons. The molecular formula is C16H20ClN3O2. The zero-order valence-corrected chi connectivity index (χ0v) is 13.1. The Labute approximate surface area is 134 Å². The second-order valence-corrected chi connectivity index (χ2v) is 6.46. The van der Waals surface area contributed by atoms with Gasteiger partial charge in [-0.25, -0.2) is 0 Å². The third-order valence-corrected chi connectivity index (χ3v) is 4.89. The van der Waals surface area contributed by atoms with E-state index in [1.807, 2.05) is 23.1 Å². The van der Waals surface area contributed by atoms with Crippen LogP contribution in [0.5, 0.6) is 0 Å². The van der Waals surface area contributed by atoms with Crippen molar-refractivity contribution in [3.05, 3.63) is 34.3 Å². The summed E-state index contributed by atoms with van der Waals surface area (Å²) < 4.78 is 0. The third-order valence-electron chi connectivity index (χ3n) is 4.65. The first kappa shape index (κ1) is 15.3. The second-order valence-electron chi connectivity index (χ2n) is 6.03. The lowest BCUT2D eigenvalue weighted by Crippen LogP contribution is -2.46. The van der Waals surface area contributed by atoms with E-state index in [1.54, 1.807) is 0 Å². The molecule has 2 amide bonds. The van der Waals surface area contributed by atoms with E-state index >= 15 is 0 Å². The van der Waals surface area contributed by atoms with Crippen LogP contribution >= 0.6 is 11.6 Å². The minimum atomic E-state index is -0.258. The summed E-state index contributed by atoms with van der Waals surface area (Å²) in [6, 6.07) is 5.71. The Kier molecular flexibility index (Phi) is 4.36. The molecule has 1 atom stereocenters. The lowest BCUT2D eigenvalue weighted by Gasteiger charge is -2.35. The summed E-state index contributed by atoms with van der Waals surface area (Å²) in [6.07, 6.45) is 1.32. The van der Waals surface area contributed by atoms with Gasteiger partial charge in [-0.15, -0.1) is 0 Å². The first-order valence-corrected chi connectivity index (χ1v) is 8.01.